The van der Waals surface area contributed by atoms with Crippen LogP contribution < -0.4 is 0 Å². The highest BCUT2D eigenvalue weighted by Crippen LogP contribution is 2.39. The van der Waals surface area contributed by atoms with Gasteiger partial charge in [-0.2, -0.15) is 10.1 Å². The van der Waals surface area contributed by atoms with E-state index in [1.165, 1.54) is 37.8 Å². The first kappa shape index (κ1) is 17.7. The lowest BCUT2D eigenvalue weighted by Gasteiger charge is -2.42. The number of piperidine rings is 1. The number of hydrogen-bond acceptors (Lipinski definition) is 6. The molecule has 1 aliphatic carbocycles. The Morgan fingerprint density at radius 1 is 1.31 bits per heavy atom. The molecule has 142 valence electrons. The molecule has 2 fully saturated rings. The molecule has 7 heteroatoms. The summed E-state index contributed by atoms with van der Waals surface area (Å²) in [6.07, 6.45) is 9.11. The largest absolute Gasteiger partial charge is 0.339 e. The number of aromatic nitrogens is 4. The number of aryl methyl sites for hydroxylation is 1. The zero-order valence-corrected chi connectivity index (χ0v) is 16.1. The monoisotopic (exact) mass is 358 g/mol. The summed E-state index contributed by atoms with van der Waals surface area (Å²) in [5, 5.41) is 8.58. The molecule has 0 unspecified atom stereocenters. The first-order valence-corrected chi connectivity index (χ1v) is 9.87. The highest BCUT2D eigenvalue weighted by atomic mass is 16.5. The average Bonchev–Trinajstić information content (AvgIpc) is 3.23. The van der Waals surface area contributed by atoms with E-state index in [0.717, 1.165) is 31.3 Å². The Hall–Kier alpha value is -1.73. The first-order chi connectivity index (χ1) is 12.6. The van der Waals surface area contributed by atoms with Gasteiger partial charge in [0.15, 0.2) is 5.82 Å². The molecule has 1 aliphatic heterocycles. The van der Waals surface area contributed by atoms with E-state index >= 15 is 0 Å². The molecule has 4 rings (SSSR count). The molecule has 1 saturated carbocycles. The summed E-state index contributed by atoms with van der Waals surface area (Å²) < 4.78 is 7.31. The molecular weight excluding hydrogens is 328 g/mol. The smallest absolute Gasteiger partial charge is 0.229 e. The van der Waals surface area contributed by atoms with Crippen molar-refractivity contribution in [3.05, 3.63) is 29.7 Å². The third-order valence-electron chi connectivity index (χ3n) is 5.70. The normalized spacial score (nSPS) is 24.5. The van der Waals surface area contributed by atoms with Crippen molar-refractivity contribution < 1.29 is 4.52 Å². The Balaban J connectivity index is 1.43. The Morgan fingerprint density at radius 2 is 2.15 bits per heavy atom. The molecule has 2 aliphatic rings. The number of hydrogen-bond donors (Lipinski definition) is 0. The predicted octanol–water partition coefficient (Wildman–Crippen LogP) is 2.59. The van der Waals surface area contributed by atoms with Gasteiger partial charge < -0.3 is 4.52 Å². The number of nitrogens with zero attached hydrogens (tertiary/aromatic N) is 6. The quantitative estimate of drug-likeness (QED) is 0.758. The second kappa shape index (κ2) is 7.48. The van der Waals surface area contributed by atoms with E-state index in [1.54, 1.807) is 0 Å². The Kier molecular flexibility index (Phi) is 5.09. The molecule has 7 nitrogen and oxygen atoms in total. The van der Waals surface area contributed by atoms with E-state index < -0.39 is 0 Å². The molecule has 0 bridgehead atoms. The van der Waals surface area contributed by atoms with Gasteiger partial charge in [-0.25, -0.2) is 0 Å². The Morgan fingerprint density at radius 3 is 2.85 bits per heavy atom. The van der Waals surface area contributed by atoms with E-state index in [-0.39, 0.29) is 0 Å². The van der Waals surface area contributed by atoms with E-state index in [1.807, 2.05) is 17.9 Å². The van der Waals surface area contributed by atoms with Gasteiger partial charge in [-0.1, -0.05) is 12.1 Å². The van der Waals surface area contributed by atoms with Crippen LogP contribution in [0.2, 0.25) is 0 Å². The standard InChI is InChI=1S/C19H30N6O/c1-4-25-9-5-6-15(18(25)16-10-20-24(3)12-16)11-23(2)13-17-21-19(26-22-17)14-7-8-14/h10,12,14-15,18H,4-9,11,13H2,1-3H3/t15-,18+/m0/s1. The maximum atomic E-state index is 5.40. The molecule has 2 atom stereocenters. The second-order valence-corrected chi connectivity index (χ2v) is 7.94. The third kappa shape index (κ3) is 3.83. The minimum Gasteiger partial charge on any atom is -0.339 e. The van der Waals surface area contributed by atoms with Crippen LogP contribution in [0.25, 0.3) is 0 Å². The summed E-state index contributed by atoms with van der Waals surface area (Å²) in [5.74, 6) is 2.76. The Labute approximate surface area is 155 Å². The summed E-state index contributed by atoms with van der Waals surface area (Å²) in [6.45, 7) is 6.29. The summed E-state index contributed by atoms with van der Waals surface area (Å²) >= 11 is 0. The van der Waals surface area contributed by atoms with Crippen molar-refractivity contribution >= 4 is 0 Å². The lowest BCUT2D eigenvalue weighted by atomic mass is 9.85. The lowest BCUT2D eigenvalue weighted by Crippen LogP contribution is -2.42. The van der Waals surface area contributed by atoms with Crippen LogP contribution in [0.15, 0.2) is 16.9 Å². The summed E-state index contributed by atoms with van der Waals surface area (Å²) in [5.41, 5.74) is 1.34. The fraction of sp³-hybridized carbons (Fsp3) is 0.737. The summed E-state index contributed by atoms with van der Waals surface area (Å²) in [7, 11) is 4.16. The molecule has 0 radical (unpaired) electrons. The van der Waals surface area contributed by atoms with Crippen molar-refractivity contribution in [1.29, 1.82) is 0 Å². The maximum Gasteiger partial charge on any atom is 0.229 e. The van der Waals surface area contributed by atoms with Gasteiger partial charge in [-0.05, 0) is 51.7 Å². The summed E-state index contributed by atoms with van der Waals surface area (Å²) in [4.78, 5) is 9.51. The van der Waals surface area contributed by atoms with Crippen molar-refractivity contribution in [3.8, 4) is 0 Å². The maximum absolute atomic E-state index is 5.40. The van der Waals surface area contributed by atoms with Crippen LogP contribution in [0.5, 0.6) is 0 Å². The minimum atomic E-state index is 0.442. The van der Waals surface area contributed by atoms with E-state index in [9.17, 15) is 0 Å². The molecule has 0 spiro atoms. The van der Waals surface area contributed by atoms with Crippen LogP contribution in [0.1, 0.15) is 61.8 Å². The third-order valence-corrected chi connectivity index (χ3v) is 5.70. The first-order valence-electron chi connectivity index (χ1n) is 9.87. The molecule has 0 amide bonds. The van der Waals surface area contributed by atoms with Gasteiger partial charge in [0.1, 0.15) is 0 Å². The van der Waals surface area contributed by atoms with Gasteiger partial charge >= 0.3 is 0 Å². The van der Waals surface area contributed by atoms with E-state index in [4.69, 9.17) is 4.52 Å². The fourth-order valence-corrected chi connectivity index (χ4v) is 4.31. The predicted molar refractivity (Wildman–Crippen MR) is 98.5 cm³/mol. The van der Waals surface area contributed by atoms with Crippen molar-refractivity contribution in [2.45, 2.75) is 51.1 Å². The van der Waals surface area contributed by atoms with Crippen LogP contribution in [0, 0.1) is 5.92 Å². The SMILES string of the molecule is CCN1CCC[C@@H](CN(C)Cc2noc(C3CC3)n2)[C@@H]1c1cnn(C)c1. The zero-order valence-electron chi connectivity index (χ0n) is 16.1. The fourth-order valence-electron chi connectivity index (χ4n) is 4.31. The van der Waals surface area contributed by atoms with Gasteiger partial charge in [-0.3, -0.25) is 14.5 Å². The topological polar surface area (TPSA) is 63.2 Å². The van der Waals surface area contributed by atoms with Gasteiger partial charge in [0.2, 0.25) is 5.89 Å². The van der Waals surface area contributed by atoms with E-state index in [2.05, 4.69) is 45.2 Å². The molecule has 2 aromatic heterocycles. The molecule has 2 aromatic rings. The average molecular weight is 358 g/mol. The number of rotatable bonds is 7. The van der Waals surface area contributed by atoms with Crippen LogP contribution in [0.3, 0.4) is 0 Å². The minimum absolute atomic E-state index is 0.442. The molecule has 1 saturated heterocycles. The van der Waals surface area contributed by atoms with Crippen LogP contribution in [0.4, 0.5) is 0 Å². The zero-order chi connectivity index (χ0) is 18.1. The van der Waals surface area contributed by atoms with Gasteiger partial charge in [0.25, 0.3) is 0 Å². The Bertz CT molecular complexity index is 721. The van der Waals surface area contributed by atoms with Gasteiger partial charge in [0.05, 0.1) is 12.7 Å². The van der Waals surface area contributed by atoms with Crippen LogP contribution >= 0.6 is 0 Å². The highest BCUT2D eigenvalue weighted by molar-refractivity contribution is 5.13. The van der Waals surface area contributed by atoms with Crippen molar-refractivity contribution in [2.75, 3.05) is 26.7 Å². The summed E-state index contributed by atoms with van der Waals surface area (Å²) in [6, 6.07) is 0.442. The van der Waals surface area contributed by atoms with Gasteiger partial charge in [0, 0.05) is 37.3 Å². The molecule has 0 aromatic carbocycles. The van der Waals surface area contributed by atoms with Crippen molar-refractivity contribution in [1.82, 2.24) is 29.7 Å². The molecular formula is C19H30N6O. The molecule has 0 N–H and O–H groups in total. The van der Waals surface area contributed by atoms with Gasteiger partial charge in [-0.15, -0.1) is 0 Å². The number of likely N-dealkylation sites (tertiary alicyclic amines) is 1. The molecule has 3 heterocycles. The van der Waals surface area contributed by atoms with Crippen LogP contribution in [-0.2, 0) is 13.6 Å². The lowest BCUT2D eigenvalue weighted by molar-refractivity contribution is 0.0742. The second-order valence-electron chi connectivity index (χ2n) is 7.94. The highest BCUT2D eigenvalue weighted by Gasteiger charge is 2.34. The molecule has 26 heavy (non-hydrogen) atoms. The van der Waals surface area contributed by atoms with Crippen molar-refractivity contribution in [2.24, 2.45) is 13.0 Å². The van der Waals surface area contributed by atoms with E-state index in [0.29, 0.717) is 17.9 Å². The van der Waals surface area contributed by atoms with Crippen molar-refractivity contribution in [3.63, 3.8) is 0 Å². The van der Waals surface area contributed by atoms with Crippen LogP contribution in [-0.4, -0.2) is 56.4 Å².